The van der Waals surface area contributed by atoms with Crippen LogP contribution in [0.25, 0.3) is 0 Å². The van der Waals surface area contributed by atoms with E-state index in [-0.39, 0.29) is 31.1 Å². The molecule has 0 aromatic heterocycles. The van der Waals surface area contributed by atoms with Crippen LogP contribution in [0.5, 0.6) is 0 Å². The zero-order valence-electron chi connectivity index (χ0n) is 50.6. The standard InChI is InChI=1S/C72H118O6/c1-4-7-10-13-16-19-22-25-28-31-33-35-36-38-39-41-44-47-50-53-56-59-62-65-71(74)77-68-69(67-76-70(73)64-61-58-55-52-49-46-43-30-27-24-21-18-15-12-9-6-3)78-72(75)66-63-60-57-54-51-48-45-42-40-37-34-32-29-26-23-20-17-14-11-8-5-2/h7-8,10-11,16-17,19-20,25-26,28-29,33-35,37-39,42,44-45,47,69H,4-6,9,12-15,18,21-24,27,30-32,36,40-41,43,46,48-68H2,1-3H3/b10-7-,11-8-,19-16-,20-17-,28-25-,29-26-,35-33-,37-34-,39-38-,45-42-,47-44-. The number of allylic oxidation sites excluding steroid dienone is 22. The Labute approximate surface area is 481 Å². The maximum absolute atomic E-state index is 12.9. The first-order valence-electron chi connectivity index (χ1n) is 32.2. The molecule has 0 aliphatic carbocycles. The van der Waals surface area contributed by atoms with E-state index >= 15 is 0 Å². The van der Waals surface area contributed by atoms with Crippen molar-refractivity contribution in [1.82, 2.24) is 0 Å². The molecule has 0 radical (unpaired) electrons. The van der Waals surface area contributed by atoms with Crippen molar-refractivity contribution in [3.63, 3.8) is 0 Å². The van der Waals surface area contributed by atoms with Crippen molar-refractivity contribution in [2.75, 3.05) is 13.2 Å². The first kappa shape index (κ1) is 73.5. The van der Waals surface area contributed by atoms with Gasteiger partial charge in [-0.25, -0.2) is 0 Å². The van der Waals surface area contributed by atoms with E-state index in [0.717, 1.165) is 161 Å². The van der Waals surface area contributed by atoms with Gasteiger partial charge in [-0.1, -0.05) is 283 Å². The lowest BCUT2D eigenvalue weighted by Crippen LogP contribution is -2.30. The van der Waals surface area contributed by atoms with E-state index in [1.807, 2.05) is 0 Å². The predicted molar refractivity (Wildman–Crippen MR) is 339 cm³/mol. The van der Waals surface area contributed by atoms with E-state index in [9.17, 15) is 14.4 Å². The van der Waals surface area contributed by atoms with Crippen LogP contribution in [0.4, 0.5) is 0 Å². The third-order valence-electron chi connectivity index (χ3n) is 13.4. The lowest BCUT2D eigenvalue weighted by Gasteiger charge is -2.18. The second-order valence-corrected chi connectivity index (χ2v) is 20.9. The first-order valence-corrected chi connectivity index (χ1v) is 32.2. The second kappa shape index (κ2) is 65.1. The summed E-state index contributed by atoms with van der Waals surface area (Å²) in [7, 11) is 0. The number of esters is 3. The Balaban J connectivity index is 4.49. The number of unbranched alkanes of at least 4 members (excludes halogenated alkanes) is 24. The molecule has 1 unspecified atom stereocenters. The molecule has 0 spiro atoms. The number of rotatable bonds is 57. The maximum Gasteiger partial charge on any atom is 0.306 e. The lowest BCUT2D eigenvalue weighted by atomic mass is 10.0. The molecule has 6 heteroatoms. The van der Waals surface area contributed by atoms with Gasteiger partial charge in [-0.3, -0.25) is 14.4 Å². The molecule has 78 heavy (non-hydrogen) atoms. The van der Waals surface area contributed by atoms with E-state index in [1.165, 1.54) is 83.5 Å². The van der Waals surface area contributed by atoms with Gasteiger partial charge >= 0.3 is 17.9 Å². The molecular formula is C72H118O6. The normalized spacial score (nSPS) is 13.0. The molecule has 0 aliphatic heterocycles. The minimum Gasteiger partial charge on any atom is -0.462 e. The highest BCUT2D eigenvalue weighted by Crippen LogP contribution is 2.16. The van der Waals surface area contributed by atoms with Crippen LogP contribution >= 0.6 is 0 Å². The molecule has 0 aromatic carbocycles. The minimum absolute atomic E-state index is 0.0961. The van der Waals surface area contributed by atoms with Gasteiger partial charge in [0.1, 0.15) is 13.2 Å². The number of hydrogen-bond donors (Lipinski definition) is 0. The summed E-state index contributed by atoms with van der Waals surface area (Å²) in [5.74, 6) is -0.936. The Hall–Kier alpha value is -4.45. The molecule has 1 atom stereocenters. The first-order chi connectivity index (χ1) is 38.5. The monoisotopic (exact) mass is 1080 g/mol. The molecule has 0 heterocycles. The summed E-state index contributed by atoms with van der Waals surface area (Å²) in [6, 6.07) is 0. The van der Waals surface area contributed by atoms with Gasteiger partial charge in [-0.15, -0.1) is 0 Å². The van der Waals surface area contributed by atoms with Crippen molar-refractivity contribution in [3.05, 3.63) is 134 Å². The third kappa shape index (κ3) is 62.4. The van der Waals surface area contributed by atoms with Crippen LogP contribution in [-0.4, -0.2) is 37.2 Å². The van der Waals surface area contributed by atoms with Crippen molar-refractivity contribution in [2.45, 2.75) is 290 Å². The third-order valence-corrected chi connectivity index (χ3v) is 13.4. The van der Waals surface area contributed by atoms with Crippen LogP contribution in [0.3, 0.4) is 0 Å². The summed E-state index contributed by atoms with van der Waals surface area (Å²) >= 11 is 0. The average Bonchev–Trinajstić information content (AvgIpc) is 3.44. The van der Waals surface area contributed by atoms with Gasteiger partial charge in [-0.05, 0) is 116 Å². The Kier molecular flexibility index (Phi) is 61.4. The van der Waals surface area contributed by atoms with Gasteiger partial charge in [0.2, 0.25) is 0 Å². The van der Waals surface area contributed by atoms with Gasteiger partial charge in [0, 0.05) is 19.3 Å². The summed E-state index contributed by atoms with van der Waals surface area (Å²) in [6.45, 7) is 6.39. The van der Waals surface area contributed by atoms with Crippen LogP contribution in [0.2, 0.25) is 0 Å². The zero-order valence-corrected chi connectivity index (χ0v) is 50.6. The molecule has 0 saturated carbocycles. The molecule has 0 rings (SSSR count). The lowest BCUT2D eigenvalue weighted by molar-refractivity contribution is -0.167. The van der Waals surface area contributed by atoms with Crippen molar-refractivity contribution >= 4 is 17.9 Å². The molecule has 0 aromatic rings. The second-order valence-electron chi connectivity index (χ2n) is 20.9. The number of carbonyl (C=O) groups is 3. The van der Waals surface area contributed by atoms with Crippen molar-refractivity contribution in [2.24, 2.45) is 0 Å². The molecule has 442 valence electrons. The van der Waals surface area contributed by atoms with Crippen LogP contribution < -0.4 is 0 Å². The van der Waals surface area contributed by atoms with E-state index in [4.69, 9.17) is 14.2 Å². The van der Waals surface area contributed by atoms with Crippen LogP contribution in [0.15, 0.2) is 134 Å². The van der Waals surface area contributed by atoms with Gasteiger partial charge in [0.25, 0.3) is 0 Å². The van der Waals surface area contributed by atoms with Crippen molar-refractivity contribution in [3.8, 4) is 0 Å². The van der Waals surface area contributed by atoms with Crippen molar-refractivity contribution < 1.29 is 28.6 Å². The molecule has 0 bridgehead atoms. The van der Waals surface area contributed by atoms with Crippen LogP contribution in [0, 0.1) is 0 Å². The highest BCUT2D eigenvalue weighted by Gasteiger charge is 2.19. The highest BCUT2D eigenvalue weighted by atomic mass is 16.6. The fourth-order valence-electron chi connectivity index (χ4n) is 8.65. The SMILES string of the molecule is CC/C=C\C/C=C\C/C=C\C/C=C\C/C=C\C/C=C\CCCCCCC(=O)OCC(COC(=O)CCCCCCCCCCCCCCCCCC)OC(=O)CCCCCCC/C=C\C/C=C\C/C=C\C/C=C\C/C=C\CC. The maximum atomic E-state index is 12.9. The topological polar surface area (TPSA) is 78.9 Å². The predicted octanol–water partition coefficient (Wildman–Crippen LogP) is 22.2. The fourth-order valence-corrected chi connectivity index (χ4v) is 8.65. The molecule has 0 aliphatic rings. The molecule has 0 N–H and O–H groups in total. The van der Waals surface area contributed by atoms with Gasteiger partial charge < -0.3 is 14.2 Å². The number of ether oxygens (including phenoxy) is 3. The van der Waals surface area contributed by atoms with E-state index < -0.39 is 6.10 Å². The van der Waals surface area contributed by atoms with E-state index in [0.29, 0.717) is 19.3 Å². The Morgan fingerprint density at radius 2 is 0.500 bits per heavy atom. The molecule has 0 fully saturated rings. The summed E-state index contributed by atoms with van der Waals surface area (Å²) in [4.78, 5) is 38.4. The van der Waals surface area contributed by atoms with Crippen molar-refractivity contribution in [1.29, 1.82) is 0 Å². The summed E-state index contributed by atoms with van der Waals surface area (Å²) in [5.41, 5.74) is 0. The quantitative estimate of drug-likeness (QED) is 0.0261. The number of carbonyl (C=O) groups excluding carboxylic acids is 3. The van der Waals surface area contributed by atoms with E-state index in [2.05, 4.69) is 154 Å². The molecule has 0 amide bonds. The van der Waals surface area contributed by atoms with Crippen LogP contribution in [0.1, 0.15) is 284 Å². The molecular weight excluding hydrogens is 961 g/mol. The van der Waals surface area contributed by atoms with Gasteiger partial charge in [0.05, 0.1) is 0 Å². The summed E-state index contributed by atoms with van der Waals surface area (Å²) in [5, 5.41) is 0. The summed E-state index contributed by atoms with van der Waals surface area (Å²) < 4.78 is 16.9. The average molecular weight is 1080 g/mol. The van der Waals surface area contributed by atoms with Gasteiger partial charge in [-0.2, -0.15) is 0 Å². The van der Waals surface area contributed by atoms with E-state index in [1.54, 1.807) is 0 Å². The molecule has 0 saturated heterocycles. The Bertz CT molecular complexity index is 1670. The highest BCUT2D eigenvalue weighted by molar-refractivity contribution is 5.71. The Morgan fingerprint density at radius 1 is 0.269 bits per heavy atom. The van der Waals surface area contributed by atoms with Crippen LogP contribution in [-0.2, 0) is 28.6 Å². The van der Waals surface area contributed by atoms with Gasteiger partial charge in [0.15, 0.2) is 6.10 Å². The fraction of sp³-hybridized carbons (Fsp3) is 0.653. The zero-order chi connectivity index (χ0) is 56.4. The number of hydrogen-bond acceptors (Lipinski definition) is 6. The minimum atomic E-state index is -0.805. The largest absolute Gasteiger partial charge is 0.462 e. The summed E-state index contributed by atoms with van der Waals surface area (Å²) in [6.07, 6.45) is 91.6. The smallest absolute Gasteiger partial charge is 0.306 e. The molecule has 6 nitrogen and oxygen atoms in total. The Morgan fingerprint density at radius 3 is 0.782 bits per heavy atom.